The molecule has 0 radical (unpaired) electrons. The van der Waals surface area contributed by atoms with Crippen LogP contribution in [0.4, 0.5) is 17.5 Å². The second kappa shape index (κ2) is 9.85. The lowest BCUT2D eigenvalue weighted by Crippen LogP contribution is -2.28. The first-order valence-electron chi connectivity index (χ1n) is 9.66. The molecule has 1 aliphatic heterocycles. The molecule has 1 aliphatic rings. The van der Waals surface area contributed by atoms with Crippen LogP contribution in [0.1, 0.15) is 38.2 Å². The van der Waals surface area contributed by atoms with Gasteiger partial charge >= 0.3 is 0 Å². The van der Waals surface area contributed by atoms with Gasteiger partial charge in [-0.15, -0.1) is 0 Å². The van der Waals surface area contributed by atoms with E-state index in [9.17, 15) is 0 Å². The highest BCUT2D eigenvalue weighted by atomic mass is 16.5. The molecule has 0 bridgehead atoms. The molecule has 3 N–H and O–H groups in total. The number of hydrogen-bond donors (Lipinski definition) is 3. The zero-order chi connectivity index (χ0) is 19.8. The first-order valence-corrected chi connectivity index (χ1v) is 9.66. The summed E-state index contributed by atoms with van der Waals surface area (Å²) in [6.45, 7) is 7.49. The van der Waals surface area contributed by atoms with E-state index < -0.39 is 0 Å². The van der Waals surface area contributed by atoms with Gasteiger partial charge in [0, 0.05) is 42.7 Å². The van der Waals surface area contributed by atoms with Crippen LogP contribution >= 0.6 is 0 Å². The van der Waals surface area contributed by atoms with Gasteiger partial charge in [0.05, 0.1) is 0 Å². The molecule has 0 amide bonds. The number of aromatic amines is 1. The van der Waals surface area contributed by atoms with Crippen LogP contribution in [0.25, 0.3) is 5.57 Å². The topological polar surface area (TPSA) is 87.8 Å². The Morgan fingerprint density at radius 1 is 1.11 bits per heavy atom. The molecular formula is C21H28N6O. The van der Waals surface area contributed by atoms with Crippen molar-refractivity contribution >= 4 is 23.0 Å². The number of hydrogen-bond acceptors (Lipinski definition) is 6. The number of anilines is 3. The molecule has 0 aliphatic carbocycles. The van der Waals surface area contributed by atoms with Crippen LogP contribution in [0.3, 0.4) is 0 Å². The average molecular weight is 380 g/mol. The monoisotopic (exact) mass is 380 g/mol. The summed E-state index contributed by atoms with van der Waals surface area (Å²) in [6, 6.07) is 4.21. The Bertz CT molecular complexity index is 862. The third-order valence-corrected chi connectivity index (χ3v) is 4.41. The molecular weight excluding hydrogens is 352 g/mol. The first-order chi connectivity index (χ1) is 13.7. The van der Waals surface area contributed by atoms with Gasteiger partial charge in [0.25, 0.3) is 0 Å². The molecule has 28 heavy (non-hydrogen) atoms. The van der Waals surface area contributed by atoms with Crippen LogP contribution in [-0.4, -0.2) is 39.4 Å². The molecule has 0 aromatic carbocycles. The summed E-state index contributed by atoms with van der Waals surface area (Å²) in [4.78, 5) is 9.45. The van der Waals surface area contributed by atoms with E-state index in [1.807, 2.05) is 63.3 Å². The van der Waals surface area contributed by atoms with E-state index in [1.54, 1.807) is 0 Å². The molecule has 2 aromatic rings. The minimum absolute atomic E-state index is 0.351. The van der Waals surface area contributed by atoms with Crippen molar-refractivity contribution in [2.24, 2.45) is 0 Å². The van der Waals surface area contributed by atoms with Gasteiger partial charge in [0.1, 0.15) is 11.6 Å². The highest BCUT2D eigenvalue weighted by molar-refractivity contribution is 5.72. The van der Waals surface area contributed by atoms with Gasteiger partial charge in [-0.2, -0.15) is 5.10 Å². The second-order valence-electron chi connectivity index (χ2n) is 6.68. The number of H-pyrrole nitrogens is 1. The predicted molar refractivity (Wildman–Crippen MR) is 114 cm³/mol. The van der Waals surface area contributed by atoms with Crippen molar-refractivity contribution in [3.05, 3.63) is 54.0 Å². The smallest absolute Gasteiger partial charge is 0.163 e. The van der Waals surface area contributed by atoms with E-state index in [4.69, 9.17) is 14.7 Å². The molecule has 7 nitrogen and oxygen atoms in total. The molecule has 3 heterocycles. The van der Waals surface area contributed by atoms with Gasteiger partial charge in [-0.3, -0.25) is 5.10 Å². The average Bonchev–Trinajstić information content (AvgIpc) is 3.10. The lowest BCUT2D eigenvalue weighted by molar-refractivity contribution is 0.0904. The summed E-state index contributed by atoms with van der Waals surface area (Å²) in [7, 11) is 0. The van der Waals surface area contributed by atoms with Gasteiger partial charge < -0.3 is 15.4 Å². The summed E-state index contributed by atoms with van der Waals surface area (Å²) in [6.07, 6.45) is 11.9. The molecule has 1 fully saturated rings. The summed E-state index contributed by atoms with van der Waals surface area (Å²) < 4.78 is 5.46. The number of aromatic nitrogens is 4. The number of aryl methyl sites for hydroxylation is 1. The minimum atomic E-state index is 0.351. The largest absolute Gasteiger partial charge is 0.381 e. The Kier molecular flexibility index (Phi) is 6.97. The number of ether oxygens (including phenoxy) is 1. The number of rotatable bonds is 7. The maximum atomic E-state index is 5.46. The van der Waals surface area contributed by atoms with E-state index in [-0.39, 0.29) is 0 Å². The maximum Gasteiger partial charge on any atom is 0.163 e. The fraction of sp³-hybridized carbons (Fsp3) is 0.381. The van der Waals surface area contributed by atoms with Gasteiger partial charge in [-0.25, -0.2) is 9.97 Å². The quantitative estimate of drug-likeness (QED) is 0.618. The molecule has 148 valence electrons. The minimum Gasteiger partial charge on any atom is -0.381 e. The van der Waals surface area contributed by atoms with Crippen molar-refractivity contribution in [2.45, 2.75) is 39.7 Å². The second-order valence-corrected chi connectivity index (χ2v) is 6.68. The molecule has 1 saturated heterocycles. The maximum absolute atomic E-state index is 5.46. The lowest BCUT2D eigenvalue weighted by atomic mass is 10.1. The summed E-state index contributed by atoms with van der Waals surface area (Å²) >= 11 is 0. The Labute approximate surface area is 166 Å². The highest BCUT2D eigenvalue weighted by Crippen LogP contribution is 2.22. The van der Waals surface area contributed by atoms with Crippen LogP contribution in [-0.2, 0) is 4.74 Å². The van der Waals surface area contributed by atoms with Crippen LogP contribution in [0, 0.1) is 6.92 Å². The number of nitrogens with zero attached hydrogens (tertiary/aromatic N) is 3. The Morgan fingerprint density at radius 3 is 2.57 bits per heavy atom. The van der Waals surface area contributed by atoms with Crippen molar-refractivity contribution in [2.75, 3.05) is 23.8 Å². The summed E-state index contributed by atoms with van der Waals surface area (Å²) in [5, 5.41) is 14.0. The molecule has 0 spiro atoms. The van der Waals surface area contributed by atoms with Crippen molar-refractivity contribution in [1.82, 2.24) is 20.2 Å². The number of nitrogens with one attached hydrogen (secondary N) is 3. The van der Waals surface area contributed by atoms with Gasteiger partial charge in [0.2, 0.25) is 0 Å². The van der Waals surface area contributed by atoms with Crippen LogP contribution < -0.4 is 10.6 Å². The fourth-order valence-corrected chi connectivity index (χ4v) is 2.95. The first kappa shape index (κ1) is 19.8. The van der Waals surface area contributed by atoms with Crippen molar-refractivity contribution in [3.63, 3.8) is 0 Å². The van der Waals surface area contributed by atoms with E-state index in [1.165, 1.54) is 0 Å². The molecule has 0 saturated carbocycles. The standard InChI is InChI=1S/C21H28N6O/c1-4-6-7-8-16(5-2)21-24-18(22-17-9-11-28-12-10-17)14-19(25-21)23-20-13-15(3)26-27-20/h4-8,13-14,17H,9-12H2,1-3H3,(H3,22,23,24,25,26,27)/b6-4-,8-7-,16-5?. The summed E-state index contributed by atoms with van der Waals surface area (Å²) in [5.41, 5.74) is 1.94. The van der Waals surface area contributed by atoms with E-state index in [0.29, 0.717) is 17.7 Å². The van der Waals surface area contributed by atoms with Gasteiger partial charge in [-0.1, -0.05) is 30.4 Å². The SMILES string of the molecule is CC=C(/C=C\C=C/C)c1nc(Nc2cc(C)[nH]n2)cc(NC2CCOCC2)n1. The van der Waals surface area contributed by atoms with E-state index in [2.05, 4.69) is 20.8 Å². The normalized spacial score (nSPS) is 16.2. The molecule has 7 heteroatoms. The van der Waals surface area contributed by atoms with Crippen LogP contribution in [0.2, 0.25) is 0 Å². The molecule has 2 aromatic heterocycles. The van der Waals surface area contributed by atoms with Crippen LogP contribution in [0.5, 0.6) is 0 Å². The Morgan fingerprint density at radius 2 is 1.89 bits per heavy atom. The molecule has 0 unspecified atom stereocenters. The third kappa shape index (κ3) is 5.53. The zero-order valence-electron chi connectivity index (χ0n) is 16.7. The number of allylic oxidation sites excluding steroid dienone is 6. The van der Waals surface area contributed by atoms with Gasteiger partial charge in [0.15, 0.2) is 11.6 Å². The summed E-state index contributed by atoms with van der Waals surface area (Å²) in [5.74, 6) is 2.89. The molecule has 0 atom stereocenters. The van der Waals surface area contributed by atoms with E-state index in [0.717, 1.165) is 49.0 Å². The highest BCUT2D eigenvalue weighted by Gasteiger charge is 2.16. The zero-order valence-corrected chi connectivity index (χ0v) is 16.7. The Balaban J connectivity index is 1.89. The fourth-order valence-electron chi connectivity index (χ4n) is 2.95. The van der Waals surface area contributed by atoms with Crippen molar-refractivity contribution in [1.29, 1.82) is 0 Å². The Hall–Kier alpha value is -2.93. The van der Waals surface area contributed by atoms with Crippen molar-refractivity contribution in [3.8, 4) is 0 Å². The van der Waals surface area contributed by atoms with Gasteiger partial charge in [-0.05, 0) is 33.6 Å². The van der Waals surface area contributed by atoms with E-state index >= 15 is 0 Å². The third-order valence-electron chi connectivity index (χ3n) is 4.41. The molecule has 3 rings (SSSR count). The lowest BCUT2D eigenvalue weighted by Gasteiger charge is -2.24. The van der Waals surface area contributed by atoms with Crippen molar-refractivity contribution < 1.29 is 4.74 Å². The van der Waals surface area contributed by atoms with Crippen LogP contribution in [0.15, 0.2) is 42.5 Å². The predicted octanol–water partition coefficient (Wildman–Crippen LogP) is 4.38.